The van der Waals surface area contributed by atoms with Gasteiger partial charge in [-0.25, -0.2) is 4.39 Å². The van der Waals surface area contributed by atoms with Gasteiger partial charge >= 0.3 is 0 Å². The number of aryl methyl sites for hydroxylation is 1. The normalized spacial score (nSPS) is 18.8. The molecule has 1 aromatic rings. The molecule has 1 saturated heterocycles. The molecule has 1 aliphatic rings. The first-order valence-corrected chi connectivity index (χ1v) is 6.54. The maximum absolute atomic E-state index is 13.2. The van der Waals surface area contributed by atoms with E-state index in [0.29, 0.717) is 6.42 Å². The van der Waals surface area contributed by atoms with Crippen LogP contribution in [0.3, 0.4) is 0 Å². The Morgan fingerprint density at radius 1 is 1.39 bits per heavy atom. The minimum absolute atomic E-state index is 0.158. The minimum Gasteiger partial charge on any atom is -0.396 e. The van der Waals surface area contributed by atoms with Gasteiger partial charge in [0.1, 0.15) is 5.82 Å². The van der Waals surface area contributed by atoms with E-state index in [1.807, 2.05) is 13.0 Å². The van der Waals surface area contributed by atoms with Crippen molar-refractivity contribution in [3.05, 3.63) is 35.1 Å². The number of benzene rings is 1. The zero-order valence-corrected chi connectivity index (χ0v) is 10.8. The number of aliphatic hydroxyl groups is 1. The van der Waals surface area contributed by atoms with Gasteiger partial charge in [0.25, 0.3) is 0 Å². The van der Waals surface area contributed by atoms with E-state index in [1.165, 1.54) is 6.07 Å². The van der Waals surface area contributed by atoms with Crippen LogP contribution in [0.1, 0.15) is 23.6 Å². The highest BCUT2D eigenvalue weighted by Gasteiger charge is 2.22. The van der Waals surface area contributed by atoms with Gasteiger partial charge in [0.15, 0.2) is 0 Å². The predicted molar refractivity (Wildman–Crippen MR) is 70.0 cm³/mol. The molecule has 100 valence electrons. The highest BCUT2D eigenvalue weighted by Crippen LogP contribution is 2.27. The number of rotatable bonds is 4. The first kappa shape index (κ1) is 13.5. The summed E-state index contributed by atoms with van der Waals surface area (Å²) in [7, 11) is 0. The Hall–Kier alpha value is -0.970. The zero-order valence-electron chi connectivity index (χ0n) is 10.8. The Morgan fingerprint density at radius 3 is 2.72 bits per heavy atom. The number of piperazine rings is 1. The molecule has 0 unspecified atom stereocenters. The Balaban J connectivity index is 2.22. The molecule has 0 bridgehead atoms. The summed E-state index contributed by atoms with van der Waals surface area (Å²) >= 11 is 0. The first-order valence-electron chi connectivity index (χ1n) is 6.54. The van der Waals surface area contributed by atoms with E-state index in [1.54, 1.807) is 6.07 Å². The van der Waals surface area contributed by atoms with Crippen LogP contribution in [0.25, 0.3) is 0 Å². The van der Waals surface area contributed by atoms with Crippen molar-refractivity contribution in [2.24, 2.45) is 0 Å². The van der Waals surface area contributed by atoms with Gasteiger partial charge in [-0.1, -0.05) is 6.07 Å². The zero-order chi connectivity index (χ0) is 13.0. The summed E-state index contributed by atoms with van der Waals surface area (Å²) in [6, 6.07) is 5.13. The number of hydrogen-bond donors (Lipinski definition) is 2. The number of halogens is 1. The van der Waals surface area contributed by atoms with Crippen LogP contribution < -0.4 is 5.32 Å². The van der Waals surface area contributed by atoms with Crippen molar-refractivity contribution >= 4 is 0 Å². The average molecular weight is 252 g/mol. The number of aliphatic hydroxyl groups excluding tert-OH is 1. The predicted octanol–water partition coefficient (Wildman–Crippen LogP) is 1.46. The molecule has 0 aliphatic carbocycles. The molecule has 4 heteroatoms. The van der Waals surface area contributed by atoms with Crippen LogP contribution in [-0.2, 0) is 0 Å². The van der Waals surface area contributed by atoms with E-state index in [4.69, 9.17) is 0 Å². The molecule has 1 heterocycles. The van der Waals surface area contributed by atoms with E-state index in [-0.39, 0.29) is 18.5 Å². The lowest BCUT2D eigenvalue weighted by Gasteiger charge is -2.35. The molecule has 1 aliphatic heterocycles. The van der Waals surface area contributed by atoms with Crippen molar-refractivity contribution in [3.63, 3.8) is 0 Å². The average Bonchev–Trinajstić information content (AvgIpc) is 2.38. The van der Waals surface area contributed by atoms with Crippen LogP contribution in [-0.4, -0.2) is 42.8 Å². The van der Waals surface area contributed by atoms with Crippen LogP contribution in [0.15, 0.2) is 18.2 Å². The molecule has 0 saturated carbocycles. The number of nitrogens with zero attached hydrogens (tertiary/aromatic N) is 1. The van der Waals surface area contributed by atoms with Gasteiger partial charge < -0.3 is 10.4 Å². The lowest BCUT2D eigenvalue weighted by molar-refractivity contribution is 0.140. The molecule has 1 aromatic carbocycles. The van der Waals surface area contributed by atoms with Crippen molar-refractivity contribution in [2.45, 2.75) is 19.4 Å². The summed E-state index contributed by atoms with van der Waals surface area (Å²) in [6.45, 7) is 5.99. The van der Waals surface area contributed by atoms with Crippen LogP contribution in [0.4, 0.5) is 4.39 Å². The summed E-state index contributed by atoms with van der Waals surface area (Å²) in [4.78, 5) is 2.37. The van der Waals surface area contributed by atoms with Crippen molar-refractivity contribution in [2.75, 3.05) is 32.8 Å². The molecule has 0 spiro atoms. The molecule has 2 rings (SSSR count). The van der Waals surface area contributed by atoms with E-state index in [9.17, 15) is 9.50 Å². The van der Waals surface area contributed by atoms with Gasteiger partial charge in [0.2, 0.25) is 0 Å². The lowest BCUT2D eigenvalue weighted by atomic mass is 9.97. The van der Waals surface area contributed by atoms with Gasteiger partial charge in [-0.15, -0.1) is 0 Å². The van der Waals surface area contributed by atoms with E-state index in [2.05, 4.69) is 10.2 Å². The van der Waals surface area contributed by atoms with Crippen LogP contribution in [0, 0.1) is 12.7 Å². The Morgan fingerprint density at radius 2 is 2.11 bits per heavy atom. The molecule has 3 nitrogen and oxygen atoms in total. The maximum Gasteiger partial charge on any atom is 0.123 e. The summed E-state index contributed by atoms with van der Waals surface area (Å²) in [5, 5.41) is 12.6. The first-order chi connectivity index (χ1) is 8.72. The van der Waals surface area contributed by atoms with Crippen molar-refractivity contribution in [1.29, 1.82) is 0 Å². The van der Waals surface area contributed by atoms with Crippen LogP contribution in [0.2, 0.25) is 0 Å². The molecule has 0 radical (unpaired) electrons. The molecule has 0 aromatic heterocycles. The number of hydrogen-bond acceptors (Lipinski definition) is 3. The van der Waals surface area contributed by atoms with Crippen molar-refractivity contribution in [3.8, 4) is 0 Å². The fraction of sp³-hybridized carbons (Fsp3) is 0.571. The van der Waals surface area contributed by atoms with Crippen LogP contribution >= 0.6 is 0 Å². The molecule has 1 atom stereocenters. The van der Waals surface area contributed by atoms with E-state index in [0.717, 1.165) is 37.3 Å². The smallest absolute Gasteiger partial charge is 0.123 e. The Bertz CT molecular complexity index is 391. The monoisotopic (exact) mass is 252 g/mol. The molecule has 0 amide bonds. The summed E-state index contributed by atoms with van der Waals surface area (Å²) in [5.74, 6) is -0.195. The van der Waals surface area contributed by atoms with Crippen molar-refractivity contribution in [1.82, 2.24) is 10.2 Å². The quantitative estimate of drug-likeness (QED) is 0.851. The van der Waals surface area contributed by atoms with Gasteiger partial charge in [-0.3, -0.25) is 4.90 Å². The third-order valence-electron chi connectivity index (χ3n) is 3.59. The fourth-order valence-electron chi connectivity index (χ4n) is 2.66. The van der Waals surface area contributed by atoms with Gasteiger partial charge in [-0.05, 0) is 36.6 Å². The van der Waals surface area contributed by atoms with Gasteiger partial charge in [0, 0.05) is 38.8 Å². The SMILES string of the molecule is Cc1cc(F)ccc1[C@H](CCO)N1CCNCC1. The topological polar surface area (TPSA) is 35.5 Å². The largest absolute Gasteiger partial charge is 0.396 e. The standard InChI is InChI=1S/C14H21FN2O/c1-11-10-12(15)2-3-13(11)14(4-9-18)17-7-5-16-6-8-17/h2-3,10,14,16,18H,4-9H2,1H3/t14-/m0/s1. The summed E-state index contributed by atoms with van der Waals surface area (Å²) in [6.07, 6.45) is 0.701. The minimum atomic E-state index is -0.195. The number of nitrogens with one attached hydrogen (secondary N) is 1. The van der Waals surface area contributed by atoms with Gasteiger partial charge in [0.05, 0.1) is 0 Å². The Labute approximate surface area is 108 Å². The van der Waals surface area contributed by atoms with Crippen LogP contribution in [0.5, 0.6) is 0 Å². The third kappa shape index (κ3) is 3.07. The third-order valence-corrected chi connectivity index (χ3v) is 3.59. The molecular weight excluding hydrogens is 231 g/mol. The fourth-order valence-corrected chi connectivity index (χ4v) is 2.66. The Kier molecular flexibility index (Phi) is 4.69. The van der Waals surface area contributed by atoms with Crippen molar-refractivity contribution < 1.29 is 9.50 Å². The highest BCUT2D eigenvalue weighted by atomic mass is 19.1. The van der Waals surface area contributed by atoms with E-state index < -0.39 is 0 Å². The maximum atomic E-state index is 13.2. The lowest BCUT2D eigenvalue weighted by Crippen LogP contribution is -2.45. The molecular formula is C14H21FN2O. The summed E-state index contributed by atoms with van der Waals surface area (Å²) < 4.78 is 13.2. The second-order valence-corrected chi connectivity index (χ2v) is 4.81. The molecule has 18 heavy (non-hydrogen) atoms. The second kappa shape index (κ2) is 6.27. The molecule has 1 fully saturated rings. The second-order valence-electron chi connectivity index (χ2n) is 4.81. The van der Waals surface area contributed by atoms with E-state index >= 15 is 0 Å². The van der Waals surface area contributed by atoms with Gasteiger partial charge in [-0.2, -0.15) is 0 Å². The molecule has 2 N–H and O–H groups in total. The summed E-state index contributed by atoms with van der Waals surface area (Å²) in [5.41, 5.74) is 2.10. The highest BCUT2D eigenvalue weighted by molar-refractivity contribution is 5.29.